The van der Waals surface area contributed by atoms with Crippen LogP contribution in [0.4, 0.5) is 0 Å². The van der Waals surface area contributed by atoms with Crippen LogP contribution < -0.4 is 0 Å². The van der Waals surface area contributed by atoms with Crippen molar-refractivity contribution in [2.45, 2.75) is 45.6 Å². The molecule has 1 aliphatic heterocycles. The van der Waals surface area contributed by atoms with Crippen molar-refractivity contribution in [2.24, 2.45) is 5.41 Å². The Balaban J connectivity index is 2.52. The number of aliphatic hydroxyl groups is 1. The van der Waals surface area contributed by atoms with Gasteiger partial charge in [0.05, 0.1) is 12.5 Å². The van der Waals surface area contributed by atoms with E-state index in [0.717, 1.165) is 12.8 Å². The molecule has 0 aromatic carbocycles. The van der Waals surface area contributed by atoms with Crippen molar-refractivity contribution in [2.75, 3.05) is 13.1 Å². The number of hydrogen-bond donors (Lipinski definition) is 2. The van der Waals surface area contributed by atoms with E-state index >= 15 is 0 Å². The molecule has 1 unspecified atom stereocenters. The van der Waals surface area contributed by atoms with Gasteiger partial charge in [-0.3, -0.25) is 9.59 Å². The molecule has 0 aliphatic carbocycles. The third kappa shape index (κ3) is 4.73. The third-order valence-corrected chi connectivity index (χ3v) is 3.27. The molecule has 1 amide bonds. The summed E-state index contributed by atoms with van der Waals surface area (Å²) >= 11 is 0. The van der Waals surface area contributed by atoms with Crippen LogP contribution in [0.5, 0.6) is 0 Å². The Hall–Kier alpha value is -1.10. The fourth-order valence-electron chi connectivity index (χ4n) is 2.00. The Morgan fingerprint density at radius 1 is 1.47 bits per heavy atom. The van der Waals surface area contributed by atoms with Crippen LogP contribution in [0.1, 0.15) is 39.5 Å². The van der Waals surface area contributed by atoms with Gasteiger partial charge in [0.15, 0.2) is 0 Å². The highest BCUT2D eigenvalue weighted by atomic mass is 16.4. The second-order valence-electron chi connectivity index (χ2n) is 5.51. The molecule has 1 fully saturated rings. The molecule has 0 spiro atoms. The number of rotatable bonds is 4. The van der Waals surface area contributed by atoms with Crippen LogP contribution >= 0.6 is 0 Å². The van der Waals surface area contributed by atoms with Gasteiger partial charge in [0.1, 0.15) is 0 Å². The molecule has 1 saturated heterocycles. The number of nitrogens with zero attached hydrogens (tertiary/aromatic N) is 1. The Kier molecular flexibility index (Phi) is 4.51. The van der Waals surface area contributed by atoms with Crippen molar-refractivity contribution in [3.63, 3.8) is 0 Å². The van der Waals surface area contributed by atoms with E-state index in [2.05, 4.69) is 13.8 Å². The van der Waals surface area contributed by atoms with Gasteiger partial charge in [-0.2, -0.15) is 0 Å². The third-order valence-electron chi connectivity index (χ3n) is 3.27. The number of carboxylic acids is 1. The highest BCUT2D eigenvalue weighted by Crippen LogP contribution is 2.30. The minimum Gasteiger partial charge on any atom is -0.481 e. The van der Waals surface area contributed by atoms with Gasteiger partial charge in [-0.15, -0.1) is 0 Å². The molecule has 5 nitrogen and oxygen atoms in total. The van der Waals surface area contributed by atoms with E-state index in [0.29, 0.717) is 13.0 Å². The highest BCUT2D eigenvalue weighted by Gasteiger charge is 2.28. The molecule has 0 bridgehead atoms. The Labute approximate surface area is 101 Å². The van der Waals surface area contributed by atoms with Crippen LogP contribution in [0.3, 0.4) is 0 Å². The van der Waals surface area contributed by atoms with Crippen molar-refractivity contribution >= 4 is 11.9 Å². The first kappa shape index (κ1) is 14.0. The molecular weight excluding hydrogens is 222 g/mol. The monoisotopic (exact) mass is 243 g/mol. The minimum absolute atomic E-state index is 0.0139. The predicted octanol–water partition coefficient (Wildman–Crippen LogP) is 0.861. The van der Waals surface area contributed by atoms with Gasteiger partial charge < -0.3 is 15.1 Å². The molecule has 1 heterocycles. The van der Waals surface area contributed by atoms with Gasteiger partial charge in [-0.1, -0.05) is 13.8 Å². The summed E-state index contributed by atoms with van der Waals surface area (Å²) in [5.74, 6) is -1.03. The molecule has 1 aliphatic rings. The standard InChI is InChI=1S/C12H21NO4/c1-12(2)4-3-10(15)13(6-5-12)8-9(14)7-11(16)17/h9,14H,3-8H2,1-2H3,(H,16,17). The molecule has 0 saturated carbocycles. The van der Waals surface area contributed by atoms with E-state index in [-0.39, 0.29) is 24.3 Å². The summed E-state index contributed by atoms with van der Waals surface area (Å²) in [7, 11) is 0. The maximum atomic E-state index is 11.8. The summed E-state index contributed by atoms with van der Waals surface area (Å²) in [5.41, 5.74) is 0.141. The molecule has 0 aromatic rings. The number of hydrogen-bond acceptors (Lipinski definition) is 3. The van der Waals surface area contributed by atoms with Crippen molar-refractivity contribution in [1.82, 2.24) is 4.90 Å². The van der Waals surface area contributed by atoms with Crippen LogP contribution in [-0.2, 0) is 9.59 Å². The first-order valence-electron chi connectivity index (χ1n) is 5.98. The number of carbonyl (C=O) groups is 2. The van der Waals surface area contributed by atoms with Gasteiger partial charge in [0, 0.05) is 19.5 Å². The molecule has 0 radical (unpaired) electrons. The Bertz CT molecular complexity index is 301. The average molecular weight is 243 g/mol. The first-order valence-corrected chi connectivity index (χ1v) is 5.98. The summed E-state index contributed by atoms with van der Waals surface area (Å²) in [4.78, 5) is 23.8. The lowest BCUT2D eigenvalue weighted by atomic mass is 9.85. The minimum atomic E-state index is -1.04. The normalized spacial score (nSPS) is 22.1. The fraction of sp³-hybridized carbons (Fsp3) is 0.833. The zero-order valence-corrected chi connectivity index (χ0v) is 10.5. The second-order valence-corrected chi connectivity index (χ2v) is 5.51. The number of likely N-dealkylation sites (tertiary alicyclic amines) is 1. The molecule has 0 aromatic heterocycles. The van der Waals surface area contributed by atoms with Gasteiger partial charge in [0.25, 0.3) is 0 Å². The quantitative estimate of drug-likeness (QED) is 0.767. The van der Waals surface area contributed by atoms with E-state index in [9.17, 15) is 14.7 Å². The predicted molar refractivity (Wildman–Crippen MR) is 62.5 cm³/mol. The number of carbonyl (C=O) groups excluding carboxylic acids is 1. The molecule has 1 atom stereocenters. The Morgan fingerprint density at radius 3 is 2.71 bits per heavy atom. The lowest BCUT2D eigenvalue weighted by molar-refractivity contribution is -0.141. The molecule has 98 valence electrons. The molecule has 5 heteroatoms. The summed E-state index contributed by atoms with van der Waals surface area (Å²) in [5, 5.41) is 18.1. The van der Waals surface area contributed by atoms with Gasteiger partial charge in [0.2, 0.25) is 5.91 Å². The number of aliphatic hydroxyl groups excluding tert-OH is 1. The molecule has 2 N–H and O–H groups in total. The number of β-amino-alcohol motifs (C(OH)–C–C–N with tert-alkyl or cyclic N) is 1. The van der Waals surface area contributed by atoms with E-state index < -0.39 is 12.1 Å². The van der Waals surface area contributed by atoms with Gasteiger partial charge in [-0.05, 0) is 18.3 Å². The molecule has 17 heavy (non-hydrogen) atoms. The summed E-state index contributed by atoms with van der Waals surface area (Å²) < 4.78 is 0. The largest absolute Gasteiger partial charge is 0.481 e. The van der Waals surface area contributed by atoms with Crippen molar-refractivity contribution < 1.29 is 19.8 Å². The fourth-order valence-corrected chi connectivity index (χ4v) is 2.00. The lowest BCUT2D eigenvalue weighted by Gasteiger charge is -2.24. The molecule has 1 rings (SSSR count). The maximum absolute atomic E-state index is 11.8. The van der Waals surface area contributed by atoms with Crippen LogP contribution in [0.2, 0.25) is 0 Å². The summed E-state index contributed by atoms with van der Waals surface area (Å²) in [6, 6.07) is 0. The highest BCUT2D eigenvalue weighted by molar-refractivity contribution is 5.76. The van der Waals surface area contributed by atoms with E-state index in [1.165, 1.54) is 0 Å². The van der Waals surface area contributed by atoms with Crippen molar-refractivity contribution in [3.8, 4) is 0 Å². The van der Waals surface area contributed by atoms with Crippen LogP contribution in [-0.4, -0.2) is 46.2 Å². The number of carboxylic acid groups (broad SMARTS) is 1. The van der Waals surface area contributed by atoms with Crippen molar-refractivity contribution in [1.29, 1.82) is 0 Å². The van der Waals surface area contributed by atoms with Crippen LogP contribution in [0, 0.1) is 5.41 Å². The maximum Gasteiger partial charge on any atom is 0.306 e. The van der Waals surface area contributed by atoms with Gasteiger partial charge in [-0.25, -0.2) is 0 Å². The second kappa shape index (κ2) is 5.49. The van der Waals surface area contributed by atoms with E-state index in [1.807, 2.05) is 0 Å². The zero-order valence-electron chi connectivity index (χ0n) is 10.5. The smallest absolute Gasteiger partial charge is 0.306 e. The first-order chi connectivity index (χ1) is 7.80. The van der Waals surface area contributed by atoms with Gasteiger partial charge >= 0.3 is 5.97 Å². The average Bonchev–Trinajstić information content (AvgIpc) is 2.30. The van der Waals surface area contributed by atoms with Crippen molar-refractivity contribution in [3.05, 3.63) is 0 Å². The lowest BCUT2D eigenvalue weighted by Crippen LogP contribution is -2.38. The van der Waals surface area contributed by atoms with E-state index in [1.54, 1.807) is 4.90 Å². The SMILES string of the molecule is CC1(C)CCC(=O)N(CC(O)CC(=O)O)CC1. The van der Waals surface area contributed by atoms with Crippen LogP contribution in [0.15, 0.2) is 0 Å². The number of amides is 1. The number of aliphatic carboxylic acids is 1. The summed E-state index contributed by atoms with van der Waals surface area (Å²) in [6.07, 6.45) is 0.924. The summed E-state index contributed by atoms with van der Waals surface area (Å²) in [6.45, 7) is 4.97. The van der Waals surface area contributed by atoms with E-state index in [4.69, 9.17) is 5.11 Å². The van der Waals surface area contributed by atoms with Crippen LogP contribution in [0.25, 0.3) is 0 Å². The zero-order chi connectivity index (χ0) is 13.1. The Morgan fingerprint density at radius 2 is 2.12 bits per heavy atom. The molecular formula is C12H21NO4. The topological polar surface area (TPSA) is 77.8 Å².